The molecule has 0 unspecified atom stereocenters. The molecule has 6 heteroatoms. The molecule has 1 aliphatic carbocycles. The zero-order valence-corrected chi connectivity index (χ0v) is 11.5. The Kier molecular flexibility index (Phi) is 3.12. The second kappa shape index (κ2) is 4.36. The van der Waals surface area contributed by atoms with Gasteiger partial charge in [0.15, 0.2) is 0 Å². The quantitative estimate of drug-likeness (QED) is 0.888. The largest absolute Gasteiger partial charge is 0.481 e. The molecule has 1 amide bonds. The molecular formula is C13H18N2O4. The van der Waals surface area contributed by atoms with Gasteiger partial charge in [0, 0.05) is 13.1 Å². The van der Waals surface area contributed by atoms with Crippen LogP contribution in [0.25, 0.3) is 0 Å². The summed E-state index contributed by atoms with van der Waals surface area (Å²) in [5.41, 5.74) is 0.190. The summed E-state index contributed by atoms with van der Waals surface area (Å²) in [5.74, 6) is -1.43. The molecule has 0 spiro atoms. The maximum Gasteiger partial charge on any atom is 0.307 e. The standard InChI is InChI=1S/C13H18N2O4/c1-7-5-8(14-19-7)6-15(4)11(16)9-10(12(17)18)13(9,2)3/h5,9-10H,6H2,1-4H3,(H,17,18)/t9-,10+/m0/s1. The molecule has 1 aromatic heterocycles. The van der Waals surface area contributed by atoms with Crippen LogP contribution < -0.4 is 0 Å². The highest BCUT2D eigenvalue weighted by Gasteiger charge is 2.66. The predicted molar refractivity (Wildman–Crippen MR) is 66.1 cm³/mol. The number of carbonyl (C=O) groups excluding carboxylic acids is 1. The fraction of sp³-hybridized carbons (Fsp3) is 0.615. The molecule has 0 saturated heterocycles. The predicted octanol–water partition coefficient (Wildman–Crippen LogP) is 1.30. The minimum Gasteiger partial charge on any atom is -0.481 e. The molecule has 19 heavy (non-hydrogen) atoms. The van der Waals surface area contributed by atoms with Crippen molar-refractivity contribution in [2.45, 2.75) is 27.3 Å². The van der Waals surface area contributed by atoms with Crippen molar-refractivity contribution in [3.8, 4) is 0 Å². The third-order valence-corrected chi connectivity index (χ3v) is 3.81. The Balaban J connectivity index is 2.03. The Morgan fingerprint density at radius 2 is 2.11 bits per heavy atom. The van der Waals surface area contributed by atoms with Gasteiger partial charge in [0.25, 0.3) is 0 Å². The molecule has 1 fully saturated rings. The fourth-order valence-corrected chi connectivity index (χ4v) is 2.61. The number of aliphatic carboxylic acids is 1. The number of amides is 1. The molecule has 1 aliphatic rings. The van der Waals surface area contributed by atoms with E-state index in [4.69, 9.17) is 9.63 Å². The van der Waals surface area contributed by atoms with Crippen LogP contribution in [0.5, 0.6) is 0 Å². The smallest absolute Gasteiger partial charge is 0.307 e. The molecule has 0 aromatic carbocycles. The average molecular weight is 266 g/mol. The number of hydrogen-bond donors (Lipinski definition) is 1. The first kappa shape index (κ1) is 13.6. The van der Waals surface area contributed by atoms with Crippen molar-refractivity contribution in [3.63, 3.8) is 0 Å². The van der Waals surface area contributed by atoms with Crippen molar-refractivity contribution in [2.75, 3.05) is 7.05 Å². The highest BCUT2D eigenvalue weighted by Crippen LogP contribution is 2.58. The van der Waals surface area contributed by atoms with E-state index in [2.05, 4.69) is 5.16 Å². The second-order valence-corrected chi connectivity index (χ2v) is 5.74. The molecule has 2 rings (SSSR count). The highest BCUT2D eigenvalue weighted by molar-refractivity contribution is 5.91. The van der Waals surface area contributed by atoms with Crippen molar-refractivity contribution in [1.82, 2.24) is 10.1 Å². The summed E-state index contributed by atoms with van der Waals surface area (Å²) in [4.78, 5) is 24.8. The summed E-state index contributed by atoms with van der Waals surface area (Å²) < 4.78 is 4.94. The molecule has 1 heterocycles. The molecular weight excluding hydrogens is 248 g/mol. The van der Waals surface area contributed by atoms with Crippen LogP contribution in [0.2, 0.25) is 0 Å². The van der Waals surface area contributed by atoms with Gasteiger partial charge in [-0.25, -0.2) is 0 Å². The van der Waals surface area contributed by atoms with Crippen LogP contribution in [0, 0.1) is 24.2 Å². The SMILES string of the molecule is Cc1cc(CN(C)C(=O)[C@@H]2[C@H](C(=O)O)C2(C)C)no1. The Bertz CT molecular complexity index is 520. The Hall–Kier alpha value is -1.85. The van der Waals surface area contributed by atoms with Crippen LogP contribution >= 0.6 is 0 Å². The van der Waals surface area contributed by atoms with Crippen molar-refractivity contribution in [2.24, 2.45) is 17.3 Å². The topological polar surface area (TPSA) is 83.6 Å². The van der Waals surface area contributed by atoms with Crippen LogP contribution in [0.1, 0.15) is 25.3 Å². The number of hydrogen-bond acceptors (Lipinski definition) is 4. The van der Waals surface area contributed by atoms with Crippen molar-refractivity contribution < 1.29 is 19.2 Å². The number of carboxylic acid groups (broad SMARTS) is 1. The Morgan fingerprint density at radius 3 is 2.53 bits per heavy atom. The van der Waals surface area contributed by atoms with E-state index in [0.29, 0.717) is 18.0 Å². The molecule has 0 bridgehead atoms. The monoisotopic (exact) mass is 266 g/mol. The van der Waals surface area contributed by atoms with Gasteiger partial charge in [-0.15, -0.1) is 0 Å². The lowest BCUT2D eigenvalue weighted by molar-refractivity contribution is -0.141. The zero-order valence-electron chi connectivity index (χ0n) is 11.5. The van der Waals surface area contributed by atoms with Gasteiger partial charge in [-0.05, 0) is 12.3 Å². The lowest BCUT2D eigenvalue weighted by Crippen LogP contribution is -2.29. The van der Waals surface area contributed by atoms with Crippen LogP contribution in [-0.4, -0.2) is 34.1 Å². The Morgan fingerprint density at radius 1 is 1.47 bits per heavy atom. The summed E-state index contributed by atoms with van der Waals surface area (Å²) in [7, 11) is 1.65. The van der Waals surface area contributed by atoms with E-state index in [0.717, 1.165) is 0 Å². The number of carbonyl (C=O) groups is 2. The van der Waals surface area contributed by atoms with Crippen molar-refractivity contribution >= 4 is 11.9 Å². The van der Waals surface area contributed by atoms with Gasteiger partial charge in [0.1, 0.15) is 11.5 Å². The van der Waals surface area contributed by atoms with Crippen LogP contribution in [0.15, 0.2) is 10.6 Å². The Labute approximate surface area is 111 Å². The normalized spacial score (nSPS) is 24.0. The summed E-state index contributed by atoms with van der Waals surface area (Å²) in [6, 6.07) is 1.76. The number of aromatic nitrogens is 1. The van der Waals surface area contributed by atoms with E-state index in [1.54, 1.807) is 20.0 Å². The minimum absolute atomic E-state index is 0.155. The second-order valence-electron chi connectivity index (χ2n) is 5.74. The van der Waals surface area contributed by atoms with Gasteiger partial charge in [0.05, 0.1) is 18.4 Å². The number of aryl methyl sites for hydroxylation is 1. The van der Waals surface area contributed by atoms with Gasteiger partial charge in [-0.2, -0.15) is 0 Å². The van der Waals surface area contributed by atoms with Crippen molar-refractivity contribution in [3.05, 3.63) is 17.5 Å². The van der Waals surface area contributed by atoms with Crippen LogP contribution in [-0.2, 0) is 16.1 Å². The zero-order chi connectivity index (χ0) is 14.4. The van der Waals surface area contributed by atoms with E-state index >= 15 is 0 Å². The third-order valence-electron chi connectivity index (χ3n) is 3.81. The molecule has 1 aromatic rings. The number of rotatable bonds is 4. The van der Waals surface area contributed by atoms with E-state index < -0.39 is 23.2 Å². The molecule has 2 atom stereocenters. The van der Waals surface area contributed by atoms with E-state index in [-0.39, 0.29) is 5.91 Å². The summed E-state index contributed by atoms with van der Waals surface area (Å²) in [6.45, 7) is 5.72. The summed E-state index contributed by atoms with van der Waals surface area (Å²) >= 11 is 0. The first-order valence-electron chi connectivity index (χ1n) is 6.15. The lowest BCUT2D eigenvalue weighted by Gasteiger charge is -2.16. The fourth-order valence-electron chi connectivity index (χ4n) is 2.61. The first-order valence-corrected chi connectivity index (χ1v) is 6.15. The minimum atomic E-state index is -0.908. The van der Waals surface area contributed by atoms with E-state index in [9.17, 15) is 9.59 Å². The third kappa shape index (κ3) is 2.34. The maximum atomic E-state index is 12.3. The summed E-state index contributed by atoms with van der Waals surface area (Å²) in [6.07, 6.45) is 0. The number of nitrogens with zero attached hydrogens (tertiary/aromatic N) is 2. The van der Waals surface area contributed by atoms with Gasteiger partial charge >= 0.3 is 5.97 Å². The first-order chi connectivity index (χ1) is 8.75. The number of carboxylic acids is 1. The highest BCUT2D eigenvalue weighted by atomic mass is 16.5. The van der Waals surface area contributed by atoms with Crippen molar-refractivity contribution in [1.29, 1.82) is 0 Å². The van der Waals surface area contributed by atoms with Crippen LogP contribution in [0.3, 0.4) is 0 Å². The molecule has 6 nitrogen and oxygen atoms in total. The van der Waals surface area contributed by atoms with Gasteiger partial charge in [-0.3, -0.25) is 9.59 Å². The molecule has 1 N–H and O–H groups in total. The average Bonchev–Trinajstić information content (AvgIpc) is 2.63. The van der Waals surface area contributed by atoms with E-state index in [1.807, 2.05) is 13.8 Å². The lowest BCUT2D eigenvalue weighted by atomic mass is 10.1. The van der Waals surface area contributed by atoms with Gasteiger partial charge in [-0.1, -0.05) is 19.0 Å². The molecule has 1 saturated carbocycles. The van der Waals surface area contributed by atoms with Gasteiger partial charge < -0.3 is 14.5 Å². The molecule has 104 valence electrons. The maximum absolute atomic E-state index is 12.3. The van der Waals surface area contributed by atoms with Crippen LogP contribution in [0.4, 0.5) is 0 Å². The van der Waals surface area contributed by atoms with E-state index in [1.165, 1.54) is 4.90 Å². The molecule has 0 radical (unpaired) electrons. The molecule has 0 aliphatic heterocycles. The van der Waals surface area contributed by atoms with Gasteiger partial charge in [0.2, 0.25) is 5.91 Å². The summed E-state index contributed by atoms with van der Waals surface area (Å²) in [5, 5.41) is 12.9.